The van der Waals surface area contributed by atoms with Gasteiger partial charge in [-0.15, -0.1) is 0 Å². The van der Waals surface area contributed by atoms with Crippen LogP contribution in [-0.2, 0) is 0 Å². The van der Waals surface area contributed by atoms with Gasteiger partial charge in [-0.2, -0.15) is 0 Å². The molecule has 5 heteroatoms. The van der Waals surface area contributed by atoms with Crippen LogP contribution in [0.4, 0.5) is 17.6 Å². The van der Waals surface area contributed by atoms with Crippen LogP contribution in [0, 0.1) is 37.1 Å². The molecule has 1 unspecified atom stereocenters. The Labute approximate surface area is 114 Å². The number of aryl methyl sites for hydroxylation is 2. The second kappa shape index (κ2) is 5.25. The SMILES string of the molecule is Cc1cc(F)c(C(N)c2c(F)ccc(C)c2F)cc1F. The Morgan fingerprint density at radius 1 is 0.850 bits per heavy atom. The number of halogens is 4. The summed E-state index contributed by atoms with van der Waals surface area (Å²) >= 11 is 0. The Balaban J connectivity index is 2.60. The Kier molecular flexibility index (Phi) is 3.81. The van der Waals surface area contributed by atoms with Crippen LogP contribution in [0.3, 0.4) is 0 Å². The van der Waals surface area contributed by atoms with Crippen molar-refractivity contribution >= 4 is 0 Å². The molecule has 1 atom stereocenters. The van der Waals surface area contributed by atoms with Gasteiger partial charge in [0.1, 0.15) is 23.3 Å². The molecular weight excluding hydrogens is 270 g/mol. The Morgan fingerprint density at radius 2 is 1.50 bits per heavy atom. The monoisotopic (exact) mass is 283 g/mol. The summed E-state index contributed by atoms with van der Waals surface area (Å²) in [5, 5.41) is 0. The van der Waals surface area contributed by atoms with Crippen molar-refractivity contribution in [2.75, 3.05) is 0 Å². The smallest absolute Gasteiger partial charge is 0.134 e. The summed E-state index contributed by atoms with van der Waals surface area (Å²) in [5.74, 6) is -3.21. The molecule has 0 aromatic heterocycles. The molecule has 0 bridgehead atoms. The molecule has 2 aromatic rings. The lowest BCUT2D eigenvalue weighted by Gasteiger charge is -2.17. The lowest BCUT2D eigenvalue weighted by molar-refractivity contribution is 0.523. The molecule has 0 aliphatic carbocycles. The van der Waals surface area contributed by atoms with Crippen LogP contribution in [0.15, 0.2) is 24.3 Å². The molecule has 0 saturated heterocycles. The van der Waals surface area contributed by atoms with Crippen LogP contribution < -0.4 is 5.73 Å². The van der Waals surface area contributed by atoms with Crippen LogP contribution >= 0.6 is 0 Å². The van der Waals surface area contributed by atoms with E-state index in [1.54, 1.807) is 0 Å². The molecule has 0 fully saturated rings. The molecule has 2 N–H and O–H groups in total. The Bertz CT molecular complexity index is 667. The van der Waals surface area contributed by atoms with Gasteiger partial charge >= 0.3 is 0 Å². The van der Waals surface area contributed by atoms with Crippen LogP contribution in [0.1, 0.15) is 28.3 Å². The van der Waals surface area contributed by atoms with E-state index in [1.165, 1.54) is 19.9 Å². The summed E-state index contributed by atoms with van der Waals surface area (Å²) < 4.78 is 55.1. The maximum Gasteiger partial charge on any atom is 0.134 e. The first kappa shape index (κ1) is 14.5. The van der Waals surface area contributed by atoms with Gasteiger partial charge in [0.05, 0.1) is 6.04 Å². The fourth-order valence-corrected chi connectivity index (χ4v) is 2.02. The van der Waals surface area contributed by atoms with Crippen molar-refractivity contribution in [3.05, 3.63) is 69.8 Å². The molecular formula is C15H13F4N. The minimum atomic E-state index is -1.41. The fraction of sp³-hybridized carbons (Fsp3) is 0.200. The van der Waals surface area contributed by atoms with Gasteiger partial charge in [0.15, 0.2) is 0 Å². The third-order valence-electron chi connectivity index (χ3n) is 3.24. The lowest BCUT2D eigenvalue weighted by atomic mass is 9.95. The molecule has 2 aromatic carbocycles. The van der Waals surface area contributed by atoms with Crippen LogP contribution in [0.5, 0.6) is 0 Å². The maximum absolute atomic E-state index is 14.0. The van der Waals surface area contributed by atoms with E-state index >= 15 is 0 Å². The van der Waals surface area contributed by atoms with Crippen molar-refractivity contribution < 1.29 is 17.6 Å². The zero-order valence-electron chi connectivity index (χ0n) is 11.0. The summed E-state index contributed by atoms with van der Waals surface area (Å²) in [6.45, 7) is 2.83. The number of benzene rings is 2. The van der Waals surface area contributed by atoms with E-state index in [-0.39, 0.29) is 16.7 Å². The van der Waals surface area contributed by atoms with E-state index in [1.807, 2.05) is 0 Å². The molecule has 0 radical (unpaired) electrons. The van der Waals surface area contributed by atoms with Gasteiger partial charge in [-0.3, -0.25) is 0 Å². The summed E-state index contributed by atoms with van der Waals surface area (Å²) in [6, 6.07) is 2.72. The Morgan fingerprint density at radius 3 is 2.15 bits per heavy atom. The topological polar surface area (TPSA) is 26.0 Å². The lowest BCUT2D eigenvalue weighted by Crippen LogP contribution is -2.18. The van der Waals surface area contributed by atoms with Crippen LogP contribution in [0.2, 0.25) is 0 Å². The molecule has 0 aliphatic rings. The van der Waals surface area contributed by atoms with E-state index in [0.717, 1.165) is 18.2 Å². The number of hydrogen-bond donors (Lipinski definition) is 1. The van der Waals surface area contributed by atoms with Gasteiger partial charge in [-0.1, -0.05) is 6.07 Å². The predicted molar refractivity (Wildman–Crippen MR) is 68.2 cm³/mol. The zero-order valence-corrected chi connectivity index (χ0v) is 11.0. The first-order valence-corrected chi connectivity index (χ1v) is 5.98. The van der Waals surface area contributed by atoms with Crippen LogP contribution in [0.25, 0.3) is 0 Å². The van der Waals surface area contributed by atoms with Crippen molar-refractivity contribution in [3.8, 4) is 0 Å². The molecule has 0 amide bonds. The van der Waals surface area contributed by atoms with Crippen molar-refractivity contribution in [2.45, 2.75) is 19.9 Å². The first-order chi connectivity index (χ1) is 9.32. The first-order valence-electron chi connectivity index (χ1n) is 5.98. The molecule has 106 valence electrons. The van der Waals surface area contributed by atoms with Crippen molar-refractivity contribution in [3.63, 3.8) is 0 Å². The molecule has 2 rings (SSSR count). The minimum Gasteiger partial charge on any atom is -0.320 e. The molecule has 1 nitrogen and oxygen atoms in total. The normalized spacial score (nSPS) is 12.6. The average molecular weight is 283 g/mol. The van der Waals surface area contributed by atoms with Crippen molar-refractivity contribution in [1.29, 1.82) is 0 Å². The maximum atomic E-state index is 14.0. The molecule has 0 spiro atoms. The minimum absolute atomic E-state index is 0.101. The van der Waals surface area contributed by atoms with E-state index in [4.69, 9.17) is 5.73 Å². The van der Waals surface area contributed by atoms with Crippen molar-refractivity contribution in [2.24, 2.45) is 5.73 Å². The summed E-state index contributed by atoms with van der Waals surface area (Å²) in [6.07, 6.45) is 0. The molecule has 0 heterocycles. The number of hydrogen-bond acceptors (Lipinski definition) is 1. The van der Waals surface area contributed by atoms with Gasteiger partial charge in [-0.05, 0) is 43.2 Å². The van der Waals surface area contributed by atoms with E-state index in [2.05, 4.69) is 0 Å². The number of rotatable bonds is 2. The van der Waals surface area contributed by atoms with E-state index < -0.39 is 34.9 Å². The van der Waals surface area contributed by atoms with E-state index in [0.29, 0.717) is 0 Å². The molecule has 0 aliphatic heterocycles. The molecule has 0 saturated carbocycles. The van der Waals surface area contributed by atoms with Gasteiger partial charge in [0.2, 0.25) is 0 Å². The average Bonchev–Trinajstić information content (AvgIpc) is 2.38. The van der Waals surface area contributed by atoms with Gasteiger partial charge in [0.25, 0.3) is 0 Å². The zero-order chi connectivity index (χ0) is 15.0. The second-order valence-electron chi connectivity index (χ2n) is 4.69. The summed E-state index contributed by atoms with van der Waals surface area (Å²) in [5.41, 5.74) is 5.26. The van der Waals surface area contributed by atoms with Gasteiger partial charge in [0, 0.05) is 11.1 Å². The highest BCUT2D eigenvalue weighted by Gasteiger charge is 2.23. The summed E-state index contributed by atoms with van der Waals surface area (Å²) in [7, 11) is 0. The largest absolute Gasteiger partial charge is 0.320 e. The number of nitrogens with two attached hydrogens (primary N) is 1. The molecule has 20 heavy (non-hydrogen) atoms. The van der Waals surface area contributed by atoms with Gasteiger partial charge in [-0.25, -0.2) is 17.6 Å². The summed E-state index contributed by atoms with van der Waals surface area (Å²) in [4.78, 5) is 0. The highest BCUT2D eigenvalue weighted by Crippen LogP contribution is 2.29. The fourth-order valence-electron chi connectivity index (χ4n) is 2.02. The van der Waals surface area contributed by atoms with Crippen LogP contribution in [-0.4, -0.2) is 0 Å². The Hall–Kier alpha value is -1.88. The van der Waals surface area contributed by atoms with Gasteiger partial charge < -0.3 is 5.73 Å². The predicted octanol–water partition coefficient (Wildman–Crippen LogP) is 3.91. The second-order valence-corrected chi connectivity index (χ2v) is 4.69. The standard InChI is InChI=1S/C15H13F4N/c1-7-3-4-10(16)13(14(7)19)15(20)9-6-11(17)8(2)5-12(9)18/h3-6,15H,20H2,1-2H3. The van der Waals surface area contributed by atoms with Crippen molar-refractivity contribution in [1.82, 2.24) is 0 Å². The van der Waals surface area contributed by atoms with E-state index in [9.17, 15) is 17.6 Å². The highest BCUT2D eigenvalue weighted by molar-refractivity contribution is 5.38. The third kappa shape index (κ3) is 2.41. The highest BCUT2D eigenvalue weighted by atomic mass is 19.1. The quantitative estimate of drug-likeness (QED) is 0.831. The third-order valence-corrected chi connectivity index (χ3v) is 3.24.